The predicted molar refractivity (Wildman–Crippen MR) is 127 cm³/mol. The van der Waals surface area contributed by atoms with Crippen LogP contribution in [0.15, 0.2) is 48.5 Å². The molecule has 2 amide bonds. The van der Waals surface area contributed by atoms with Crippen LogP contribution in [0.2, 0.25) is 0 Å². The van der Waals surface area contributed by atoms with E-state index in [1.165, 1.54) is 5.56 Å². The Morgan fingerprint density at radius 1 is 0.969 bits per heavy atom. The van der Waals surface area contributed by atoms with Gasteiger partial charge in [0.15, 0.2) is 0 Å². The second kappa shape index (κ2) is 12.7. The standard InChI is InChI=1S/C26H36N2O4/c1-19(2)17-27-26(30)21(4)28(18-22-10-14-23(31-5)15-11-22)25(29)7-6-16-32-24-12-8-20(3)9-13-24/h8-15,19,21H,6-7,16-18H2,1-5H3,(H,27,30)/t21-/m0/s1. The molecule has 0 saturated heterocycles. The highest BCUT2D eigenvalue weighted by atomic mass is 16.5. The topological polar surface area (TPSA) is 67.9 Å². The van der Waals surface area contributed by atoms with Crippen LogP contribution in [-0.2, 0) is 16.1 Å². The Morgan fingerprint density at radius 2 is 1.59 bits per heavy atom. The van der Waals surface area contributed by atoms with Crippen molar-refractivity contribution in [2.45, 2.75) is 53.1 Å². The van der Waals surface area contributed by atoms with Gasteiger partial charge in [-0.05, 0) is 56.0 Å². The number of rotatable bonds is 12. The molecule has 0 unspecified atom stereocenters. The van der Waals surface area contributed by atoms with Crippen molar-refractivity contribution in [3.63, 3.8) is 0 Å². The summed E-state index contributed by atoms with van der Waals surface area (Å²) in [5.41, 5.74) is 2.12. The summed E-state index contributed by atoms with van der Waals surface area (Å²) in [4.78, 5) is 27.4. The Hall–Kier alpha value is -3.02. The fraction of sp³-hybridized carbons (Fsp3) is 0.462. The summed E-state index contributed by atoms with van der Waals surface area (Å²) in [6, 6.07) is 14.8. The maximum atomic E-state index is 13.1. The number of hydrogen-bond donors (Lipinski definition) is 1. The van der Waals surface area contributed by atoms with Crippen LogP contribution in [0.25, 0.3) is 0 Å². The van der Waals surface area contributed by atoms with Crippen LogP contribution in [0.3, 0.4) is 0 Å². The van der Waals surface area contributed by atoms with E-state index in [0.717, 1.165) is 17.1 Å². The van der Waals surface area contributed by atoms with Crippen molar-refractivity contribution in [1.82, 2.24) is 10.2 Å². The minimum absolute atomic E-state index is 0.0690. The van der Waals surface area contributed by atoms with Gasteiger partial charge in [0.25, 0.3) is 0 Å². The first-order chi connectivity index (χ1) is 15.3. The molecule has 32 heavy (non-hydrogen) atoms. The van der Waals surface area contributed by atoms with Crippen LogP contribution in [0, 0.1) is 12.8 Å². The van der Waals surface area contributed by atoms with Gasteiger partial charge in [-0.1, -0.05) is 43.7 Å². The predicted octanol–water partition coefficient (Wildman–Crippen LogP) is 4.35. The molecule has 1 N–H and O–H groups in total. The van der Waals surface area contributed by atoms with Crippen molar-refractivity contribution in [2.75, 3.05) is 20.3 Å². The van der Waals surface area contributed by atoms with Crippen molar-refractivity contribution in [2.24, 2.45) is 5.92 Å². The summed E-state index contributed by atoms with van der Waals surface area (Å²) in [5, 5.41) is 2.94. The molecule has 1 atom stereocenters. The van der Waals surface area contributed by atoms with Gasteiger partial charge in [0.2, 0.25) is 11.8 Å². The molecule has 0 spiro atoms. The number of amides is 2. The summed E-state index contributed by atoms with van der Waals surface area (Å²) in [6.07, 6.45) is 0.885. The van der Waals surface area contributed by atoms with E-state index in [-0.39, 0.29) is 11.8 Å². The van der Waals surface area contributed by atoms with Gasteiger partial charge < -0.3 is 19.7 Å². The molecule has 6 heteroatoms. The molecule has 0 radical (unpaired) electrons. The number of nitrogens with zero attached hydrogens (tertiary/aromatic N) is 1. The van der Waals surface area contributed by atoms with Crippen LogP contribution < -0.4 is 14.8 Å². The van der Waals surface area contributed by atoms with E-state index in [9.17, 15) is 9.59 Å². The quantitative estimate of drug-likeness (QED) is 0.498. The highest BCUT2D eigenvalue weighted by Gasteiger charge is 2.25. The van der Waals surface area contributed by atoms with Gasteiger partial charge in [-0.2, -0.15) is 0 Å². The zero-order chi connectivity index (χ0) is 23.5. The van der Waals surface area contributed by atoms with Gasteiger partial charge in [-0.25, -0.2) is 0 Å². The lowest BCUT2D eigenvalue weighted by atomic mass is 10.1. The van der Waals surface area contributed by atoms with Crippen molar-refractivity contribution in [3.8, 4) is 11.5 Å². The third kappa shape index (κ3) is 8.25. The average Bonchev–Trinajstić information content (AvgIpc) is 2.79. The van der Waals surface area contributed by atoms with Gasteiger partial charge in [0, 0.05) is 19.5 Å². The molecule has 0 aromatic heterocycles. The summed E-state index contributed by atoms with van der Waals surface area (Å²) < 4.78 is 11.0. The van der Waals surface area contributed by atoms with E-state index in [0.29, 0.717) is 38.5 Å². The van der Waals surface area contributed by atoms with Crippen molar-refractivity contribution >= 4 is 11.8 Å². The molecule has 2 aromatic carbocycles. The number of carbonyl (C=O) groups is 2. The van der Waals surface area contributed by atoms with Gasteiger partial charge in [-0.15, -0.1) is 0 Å². The van der Waals surface area contributed by atoms with E-state index in [4.69, 9.17) is 9.47 Å². The van der Waals surface area contributed by atoms with Crippen LogP contribution in [0.5, 0.6) is 11.5 Å². The molecular formula is C26H36N2O4. The third-order valence-electron chi connectivity index (χ3n) is 5.19. The summed E-state index contributed by atoms with van der Waals surface area (Å²) in [5.74, 6) is 1.68. The molecular weight excluding hydrogens is 404 g/mol. The highest BCUT2D eigenvalue weighted by molar-refractivity contribution is 5.87. The molecule has 6 nitrogen and oxygen atoms in total. The fourth-order valence-corrected chi connectivity index (χ4v) is 3.15. The van der Waals surface area contributed by atoms with Gasteiger partial charge in [0.05, 0.1) is 13.7 Å². The number of carbonyl (C=O) groups excluding carboxylic acids is 2. The average molecular weight is 441 g/mol. The SMILES string of the molecule is COc1ccc(CN(C(=O)CCCOc2ccc(C)cc2)[C@@H](C)C(=O)NCC(C)C)cc1. The van der Waals surface area contributed by atoms with Crippen LogP contribution >= 0.6 is 0 Å². The molecule has 2 rings (SSSR count). The molecule has 174 valence electrons. The van der Waals surface area contributed by atoms with E-state index in [1.54, 1.807) is 18.9 Å². The second-order valence-electron chi connectivity index (χ2n) is 8.45. The second-order valence-corrected chi connectivity index (χ2v) is 8.45. The number of methoxy groups -OCH3 is 1. The lowest BCUT2D eigenvalue weighted by molar-refractivity contribution is -0.140. The summed E-state index contributed by atoms with van der Waals surface area (Å²) in [6.45, 7) is 9.27. The Bertz CT molecular complexity index is 847. The van der Waals surface area contributed by atoms with Crippen LogP contribution in [-0.4, -0.2) is 43.0 Å². The monoisotopic (exact) mass is 440 g/mol. The Kier molecular flexibility index (Phi) is 10.1. The minimum Gasteiger partial charge on any atom is -0.497 e. The first-order valence-electron chi connectivity index (χ1n) is 11.2. The Labute approximate surface area is 191 Å². The lowest BCUT2D eigenvalue weighted by Gasteiger charge is -2.29. The van der Waals surface area contributed by atoms with Gasteiger partial charge >= 0.3 is 0 Å². The molecule has 0 saturated carbocycles. The Balaban J connectivity index is 1.99. The molecule has 0 heterocycles. The molecule has 0 fully saturated rings. The van der Waals surface area contributed by atoms with Crippen molar-refractivity contribution in [1.29, 1.82) is 0 Å². The number of benzene rings is 2. The largest absolute Gasteiger partial charge is 0.497 e. The molecule has 2 aromatic rings. The maximum absolute atomic E-state index is 13.1. The number of ether oxygens (including phenoxy) is 2. The Morgan fingerprint density at radius 3 is 2.19 bits per heavy atom. The van der Waals surface area contributed by atoms with E-state index >= 15 is 0 Å². The van der Waals surface area contributed by atoms with Crippen molar-refractivity contribution in [3.05, 3.63) is 59.7 Å². The molecule has 0 aliphatic heterocycles. The number of aryl methyl sites for hydroxylation is 1. The molecule has 0 aliphatic rings. The highest BCUT2D eigenvalue weighted by Crippen LogP contribution is 2.17. The van der Waals surface area contributed by atoms with Gasteiger partial charge in [-0.3, -0.25) is 9.59 Å². The molecule has 0 aliphatic carbocycles. The minimum atomic E-state index is -0.568. The first kappa shape index (κ1) is 25.2. The normalized spacial score (nSPS) is 11.7. The lowest BCUT2D eigenvalue weighted by Crippen LogP contribution is -2.48. The zero-order valence-electron chi connectivity index (χ0n) is 19.9. The fourth-order valence-electron chi connectivity index (χ4n) is 3.15. The van der Waals surface area contributed by atoms with E-state index in [2.05, 4.69) is 5.32 Å². The smallest absolute Gasteiger partial charge is 0.242 e. The zero-order valence-corrected chi connectivity index (χ0v) is 19.9. The van der Waals surface area contributed by atoms with E-state index < -0.39 is 6.04 Å². The van der Waals surface area contributed by atoms with Crippen LogP contribution in [0.1, 0.15) is 44.7 Å². The number of hydrogen-bond acceptors (Lipinski definition) is 4. The molecule has 0 bridgehead atoms. The third-order valence-corrected chi connectivity index (χ3v) is 5.19. The van der Waals surface area contributed by atoms with Gasteiger partial charge in [0.1, 0.15) is 17.5 Å². The first-order valence-corrected chi connectivity index (χ1v) is 11.2. The maximum Gasteiger partial charge on any atom is 0.242 e. The van der Waals surface area contributed by atoms with Crippen LogP contribution in [0.4, 0.5) is 0 Å². The van der Waals surface area contributed by atoms with Crippen molar-refractivity contribution < 1.29 is 19.1 Å². The summed E-state index contributed by atoms with van der Waals surface area (Å²) in [7, 11) is 1.62. The number of nitrogens with one attached hydrogen (secondary N) is 1. The van der Waals surface area contributed by atoms with E-state index in [1.807, 2.05) is 69.3 Å². The summed E-state index contributed by atoms with van der Waals surface area (Å²) >= 11 is 0.